The number of imidazole rings is 1. The van der Waals surface area contributed by atoms with Gasteiger partial charge >= 0.3 is 0 Å². The molecule has 5 nitrogen and oxygen atoms in total. The van der Waals surface area contributed by atoms with Crippen molar-refractivity contribution in [1.29, 1.82) is 0 Å². The van der Waals surface area contributed by atoms with E-state index in [0.29, 0.717) is 17.8 Å². The molecule has 0 aliphatic heterocycles. The zero-order chi connectivity index (χ0) is 20.3. The molecule has 0 atom stereocenters. The van der Waals surface area contributed by atoms with Crippen LogP contribution in [0.1, 0.15) is 11.4 Å². The Balaban J connectivity index is 1.58. The number of nitrogens with one attached hydrogen (secondary N) is 1. The number of aryl methyl sites for hydroxylation is 1. The molecule has 0 amide bonds. The van der Waals surface area contributed by atoms with Crippen LogP contribution in [-0.4, -0.2) is 18.0 Å². The molecule has 146 valence electrons. The zero-order valence-corrected chi connectivity index (χ0v) is 16.8. The third-order valence-electron chi connectivity index (χ3n) is 4.74. The van der Waals surface area contributed by atoms with E-state index in [2.05, 4.69) is 9.71 Å². The van der Waals surface area contributed by atoms with Crippen LogP contribution < -0.4 is 4.72 Å². The van der Waals surface area contributed by atoms with Gasteiger partial charge in [-0.1, -0.05) is 60.7 Å². The summed E-state index contributed by atoms with van der Waals surface area (Å²) in [4.78, 5) is 4.47. The molecular weight excluding hydrogens is 382 g/mol. The molecule has 29 heavy (non-hydrogen) atoms. The number of sulfonamides is 1. The Morgan fingerprint density at radius 3 is 2.28 bits per heavy atom. The highest BCUT2D eigenvalue weighted by molar-refractivity contribution is 7.92. The standard InChI is InChI=1S/C23H21N3O2S/c1-18-24-15-16-26(18)17-19-11-13-21(14-12-19)25-29(27,28)23-10-6-5-9-22(23)20-7-3-2-4-8-20/h2-16,25H,17H2,1H3. The van der Waals surface area contributed by atoms with Crippen molar-refractivity contribution in [3.8, 4) is 11.1 Å². The first-order valence-electron chi connectivity index (χ1n) is 9.27. The van der Waals surface area contributed by atoms with Crippen LogP contribution in [-0.2, 0) is 16.6 Å². The first-order chi connectivity index (χ1) is 14.0. The van der Waals surface area contributed by atoms with Crippen LogP contribution in [0.25, 0.3) is 11.1 Å². The van der Waals surface area contributed by atoms with Gasteiger partial charge in [-0.2, -0.15) is 0 Å². The van der Waals surface area contributed by atoms with E-state index in [9.17, 15) is 8.42 Å². The van der Waals surface area contributed by atoms with Crippen molar-refractivity contribution in [2.24, 2.45) is 0 Å². The van der Waals surface area contributed by atoms with Crippen LogP contribution in [0.15, 0.2) is 96.2 Å². The molecule has 0 spiro atoms. The van der Waals surface area contributed by atoms with E-state index in [1.165, 1.54) is 0 Å². The number of rotatable bonds is 6. The smallest absolute Gasteiger partial charge is 0.262 e. The predicted molar refractivity (Wildman–Crippen MR) is 115 cm³/mol. The van der Waals surface area contributed by atoms with Gasteiger partial charge < -0.3 is 4.57 Å². The molecule has 4 aromatic rings. The average molecular weight is 404 g/mol. The van der Waals surface area contributed by atoms with Crippen molar-refractivity contribution < 1.29 is 8.42 Å². The summed E-state index contributed by atoms with van der Waals surface area (Å²) < 4.78 is 30.8. The van der Waals surface area contributed by atoms with Gasteiger partial charge in [0.05, 0.1) is 4.90 Å². The molecule has 0 aliphatic carbocycles. The molecule has 0 bridgehead atoms. The number of nitrogens with zero attached hydrogens (tertiary/aromatic N) is 2. The van der Waals surface area contributed by atoms with E-state index in [4.69, 9.17) is 0 Å². The molecule has 1 aromatic heterocycles. The Labute approximate surface area is 170 Å². The van der Waals surface area contributed by atoms with E-state index in [0.717, 1.165) is 17.0 Å². The number of aromatic nitrogens is 2. The molecule has 0 saturated carbocycles. The fourth-order valence-corrected chi connectivity index (χ4v) is 4.50. The summed E-state index contributed by atoms with van der Waals surface area (Å²) in [5.74, 6) is 0.937. The predicted octanol–water partition coefficient (Wildman–Crippen LogP) is 4.71. The lowest BCUT2D eigenvalue weighted by atomic mass is 10.1. The van der Waals surface area contributed by atoms with Crippen LogP contribution in [0, 0.1) is 6.92 Å². The molecule has 3 aromatic carbocycles. The van der Waals surface area contributed by atoms with Gasteiger partial charge in [0.1, 0.15) is 5.82 Å². The lowest BCUT2D eigenvalue weighted by molar-refractivity contribution is 0.601. The van der Waals surface area contributed by atoms with E-state index in [-0.39, 0.29) is 4.90 Å². The first-order valence-corrected chi connectivity index (χ1v) is 10.8. The van der Waals surface area contributed by atoms with E-state index in [1.54, 1.807) is 30.5 Å². The lowest BCUT2D eigenvalue weighted by Crippen LogP contribution is -2.14. The minimum Gasteiger partial charge on any atom is -0.331 e. The van der Waals surface area contributed by atoms with E-state index in [1.807, 2.05) is 72.3 Å². The summed E-state index contributed by atoms with van der Waals surface area (Å²) in [7, 11) is -3.73. The van der Waals surface area contributed by atoms with Gasteiger partial charge in [0.25, 0.3) is 10.0 Å². The van der Waals surface area contributed by atoms with Crippen LogP contribution in [0.3, 0.4) is 0 Å². The summed E-state index contributed by atoms with van der Waals surface area (Å²) in [5.41, 5.74) is 3.13. The minimum absolute atomic E-state index is 0.254. The Morgan fingerprint density at radius 1 is 0.897 bits per heavy atom. The van der Waals surface area contributed by atoms with Gasteiger partial charge in [-0.3, -0.25) is 4.72 Å². The van der Waals surface area contributed by atoms with E-state index >= 15 is 0 Å². The Morgan fingerprint density at radius 2 is 1.59 bits per heavy atom. The summed E-state index contributed by atoms with van der Waals surface area (Å²) >= 11 is 0. The summed E-state index contributed by atoms with van der Waals surface area (Å²) in [6, 6.07) is 23.9. The van der Waals surface area contributed by atoms with Gasteiger partial charge in [-0.15, -0.1) is 0 Å². The highest BCUT2D eigenvalue weighted by atomic mass is 32.2. The molecule has 0 radical (unpaired) electrons. The Kier molecular flexibility index (Phi) is 5.18. The molecule has 6 heteroatoms. The highest BCUT2D eigenvalue weighted by Crippen LogP contribution is 2.28. The monoisotopic (exact) mass is 403 g/mol. The maximum absolute atomic E-state index is 13.1. The average Bonchev–Trinajstić information content (AvgIpc) is 3.14. The van der Waals surface area contributed by atoms with Gasteiger partial charge in [0.2, 0.25) is 0 Å². The topological polar surface area (TPSA) is 64.0 Å². The van der Waals surface area contributed by atoms with Crippen LogP contribution in [0.4, 0.5) is 5.69 Å². The normalized spacial score (nSPS) is 11.3. The van der Waals surface area contributed by atoms with Gasteiger partial charge in [-0.25, -0.2) is 13.4 Å². The van der Waals surface area contributed by atoms with Crippen molar-refractivity contribution >= 4 is 15.7 Å². The van der Waals surface area contributed by atoms with Crippen molar-refractivity contribution in [2.75, 3.05) is 4.72 Å². The minimum atomic E-state index is -3.73. The van der Waals surface area contributed by atoms with Crippen LogP contribution >= 0.6 is 0 Å². The number of benzene rings is 3. The molecular formula is C23H21N3O2S. The van der Waals surface area contributed by atoms with Gasteiger partial charge in [0.15, 0.2) is 0 Å². The second-order valence-corrected chi connectivity index (χ2v) is 8.42. The number of anilines is 1. The van der Waals surface area contributed by atoms with Crippen LogP contribution in [0.2, 0.25) is 0 Å². The summed E-state index contributed by atoms with van der Waals surface area (Å²) in [5, 5.41) is 0. The second-order valence-electron chi connectivity index (χ2n) is 6.77. The fourth-order valence-electron chi connectivity index (χ4n) is 3.21. The third-order valence-corrected chi connectivity index (χ3v) is 6.18. The molecule has 4 rings (SSSR count). The highest BCUT2D eigenvalue weighted by Gasteiger charge is 2.19. The summed E-state index contributed by atoms with van der Waals surface area (Å²) in [6.45, 7) is 2.64. The Hall–Kier alpha value is -3.38. The molecule has 1 N–H and O–H groups in total. The molecule has 0 fully saturated rings. The molecule has 0 saturated heterocycles. The SMILES string of the molecule is Cc1nccn1Cc1ccc(NS(=O)(=O)c2ccccc2-c2ccccc2)cc1. The Bertz CT molecular complexity index is 1210. The zero-order valence-electron chi connectivity index (χ0n) is 16.0. The van der Waals surface area contributed by atoms with Gasteiger partial charge in [-0.05, 0) is 36.2 Å². The maximum atomic E-state index is 13.1. The van der Waals surface area contributed by atoms with Gasteiger partial charge in [0, 0.05) is 30.2 Å². The number of hydrogen-bond donors (Lipinski definition) is 1. The molecule has 0 aliphatic rings. The summed E-state index contributed by atoms with van der Waals surface area (Å²) in [6.07, 6.45) is 3.69. The van der Waals surface area contributed by atoms with Crippen LogP contribution in [0.5, 0.6) is 0 Å². The first kappa shape index (κ1) is 19.0. The quantitative estimate of drug-likeness (QED) is 0.507. The maximum Gasteiger partial charge on any atom is 0.262 e. The second kappa shape index (κ2) is 7.93. The van der Waals surface area contributed by atoms with E-state index < -0.39 is 10.0 Å². The van der Waals surface area contributed by atoms with Crippen molar-refractivity contribution in [2.45, 2.75) is 18.4 Å². The van der Waals surface area contributed by atoms with Crippen molar-refractivity contribution in [3.63, 3.8) is 0 Å². The molecule has 0 unspecified atom stereocenters. The number of hydrogen-bond acceptors (Lipinski definition) is 3. The fraction of sp³-hybridized carbons (Fsp3) is 0.0870. The van der Waals surface area contributed by atoms with Crippen molar-refractivity contribution in [1.82, 2.24) is 9.55 Å². The largest absolute Gasteiger partial charge is 0.331 e. The third kappa shape index (κ3) is 4.22. The molecule has 1 heterocycles. The lowest BCUT2D eigenvalue weighted by Gasteiger charge is -2.13. The van der Waals surface area contributed by atoms with Crippen molar-refractivity contribution in [3.05, 3.63) is 103 Å².